The lowest BCUT2D eigenvalue weighted by molar-refractivity contribution is 0.0390. The molecule has 2 rings (SSSR count). The number of aliphatic hydroxyl groups is 1. The largest absolute Gasteiger partial charge is 0.392 e. The van der Waals surface area contributed by atoms with Crippen molar-refractivity contribution in [3.63, 3.8) is 0 Å². The Morgan fingerprint density at radius 3 is 2.71 bits per heavy atom. The van der Waals surface area contributed by atoms with Gasteiger partial charge >= 0.3 is 0 Å². The first-order valence-corrected chi connectivity index (χ1v) is 5.71. The minimum Gasteiger partial charge on any atom is -0.392 e. The topological polar surface area (TPSA) is 41.8 Å². The van der Waals surface area contributed by atoms with Crippen molar-refractivity contribution in [2.75, 3.05) is 6.61 Å². The van der Waals surface area contributed by atoms with E-state index in [9.17, 15) is 0 Å². The number of aliphatic hydroxyl groups excluding tert-OH is 1. The molecule has 0 amide bonds. The van der Waals surface area contributed by atoms with Crippen molar-refractivity contribution in [2.24, 2.45) is 11.1 Å². The van der Waals surface area contributed by atoms with Crippen LogP contribution in [0, 0.1) is 5.92 Å². The highest BCUT2D eigenvalue weighted by atomic mass is 16.6. The monoisotopic (exact) mass is 197 g/mol. The molecule has 3 nitrogen and oxygen atoms in total. The van der Waals surface area contributed by atoms with Crippen LogP contribution in [0.1, 0.15) is 44.9 Å². The summed E-state index contributed by atoms with van der Waals surface area (Å²) >= 11 is 0. The summed E-state index contributed by atoms with van der Waals surface area (Å²) in [5.41, 5.74) is 1.16. The first-order valence-electron chi connectivity index (χ1n) is 5.71. The highest BCUT2D eigenvalue weighted by Gasteiger charge is 2.23. The highest BCUT2D eigenvalue weighted by molar-refractivity contribution is 5.85. The Hall–Kier alpha value is -0.570. The van der Waals surface area contributed by atoms with E-state index in [1.54, 1.807) is 0 Å². The van der Waals surface area contributed by atoms with E-state index in [1.807, 2.05) is 0 Å². The average Bonchev–Trinajstić information content (AvgIpc) is 2.67. The standard InChI is InChI=1S/C11H19NO2/c13-8-11-7-10(12-14-11)6-9-4-2-1-3-5-9/h9,11,13H,1-8H2. The Labute approximate surface area is 85.1 Å². The first-order chi connectivity index (χ1) is 6.88. The predicted molar refractivity (Wildman–Crippen MR) is 55.2 cm³/mol. The molecule has 1 aliphatic carbocycles. The van der Waals surface area contributed by atoms with Crippen LogP contribution >= 0.6 is 0 Å². The van der Waals surface area contributed by atoms with Crippen molar-refractivity contribution < 1.29 is 9.94 Å². The fourth-order valence-corrected chi connectivity index (χ4v) is 2.43. The summed E-state index contributed by atoms with van der Waals surface area (Å²) < 4.78 is 0. The van der Waals surface area contributed by atoms with Crippen LogP contribution in [0.3, 0.4) is 0 Å². The molecule has 14 heavy (non-hydrogen) atoms. The van der Waals surface area contributed by atoms with Gasteiger partial charge in [-0.2, -0.15) is 0 Å². The highest BCUT2D eigenvalue weighted by Crippen LogP contribution is 2.28. The zero-order chi connectivity index (χ0) is 9.80. The lowest BCUT2D eigenvalue weighted by atomic mass is 9.85. The van der Waals surface area contributed by atoms with Gasteiger partial charge in [-0.25, -0.2) is 0 Å². The van der Waals surface area contributed by atoms with Crippen molar-refractivity contribution in [3.8, 4) is 0 Å². The lowest BCUT2D eigenvalue weighted by Crippen LogP contribution is -2.15. The van der Waals surface area contributed by atoms with E-state index >= 15 is 0 Å². The van der Waals surface area contributed by atoms with Gasteiger partial charge in [0.2, 0.25) is 0 Å². The summed E-state index contributed by atoms with van der Waals surface area (Å²) in [5.74, 6) is 0.823. The maximum atomic E-state index is 8.89. The first kappa shape index (κ1) is 9.97. The molecule has 80 valence electrons. The fourth-order valence-electron chi connectivity index (χ4n) is 2.43. The Bertz CT molecular complexity index is 209. The van der Waals surface area contributed by atoms with Crippen LogP contribution in [0.5, 0.6) is 0 Å². The van der Waals surface area contributed by atoms with Gasteiger partial charge in [-0.05, 0) is 12.3 Å². The summed E-state index contributed by atoms with van der Waals surface area (Å²) in [6, 6.07) is 0. The molecule has 2 aliphatic rings. The Morgan fingerprint density at radius 1 is 1.29 bits per heavy atom. The molecule has 0 saturated heterocycles. The Kier molecular flexibility index (Phi) is 3.40. The third-order valence-corrected chi connectivity index (χ3v) is 3.25. The zero-order valence-electron chi connectivity index (χ0n) is 8.61. The van der Waals surface area contributed by atoms with E-state index in [1.165, 1.54) is 32.1 Å². The Balaban J connectivity index is 1.75. The van der Waals surface area contributed by atoms with Crippen molar-refractivity contribution in [1.82, 2.24) is 0 Å². The van der Waals surface area contributed by atoms with Crippen LogP contribution < -0.4 is 0 Å². The van der Waals surface area contributed by atoms with Crippen molar-refractivity contribution in [3.05, 3.63) is 0 Å². The zero-order valence-corrected chi connectivity index (χ0v) is 8.61. The second kappa shape index (κ2) is 4.78. The van der Waals surface area contributed by atoms with Gasteiger partial charge in [-0.3, -0.25) is 0 Å². The maximum Gasteiger partial charge on any atom is 0.155 e. The average molecular weight is 197 g/mol. The SMILES string of the molecule is OCC1CC(CC2CCCCC2)=NO1. The molecule has 0 radical (unpaired) electrons. The molecule has 1 unspecified atom stereocenters. The van der Waals surface area contributed by atoms with E-state index in [0.29, 0.717) is 0 Å². The molecule has 3 heteroatoms. The quantitative estimate of drug-likeness (QED) is 0.752. The molecular formula is C11H19NO2. The van der Waals surface area contributed by atoms with E-state index < -0.39 is 0 Å². The number of rotatable bonds is 3. The molecule has 0 spiro atoms. The van der Waals surface area contributed by atoms with Gasteiger partial charge in [-0.15, -0.1) is 0 Å². The van der Waals surface area contributed by atoms with E-state index in [0.717, 1.165) is 24.5 Å². The second-order valence-electron chi connectivity index (χ2n) is 4.48. The normalized spacial score (nSPS) is 28.6. The fraction of sp³-hybridized carbons (Fsp3) is 0.909. The van der Waals surface area contributed by atoms with Gasteiger partial charge in [0.1, 0.15) is 0 Å². The molecule has 0 bridgehead atoms. The summed E-state index contributed by atoms with van der Waals surface area (Å²) in [4.78, 5) is 5.09. The van der Waals surface area contributed by atoms with E-state index in [4.69, 9.17) is 9.94 Å². The van der Waals surface area contributed by atoms with Gasteiger partial charge in [-0.1, -0.05) is 37.3 Å². The molecule has 1 saturated carbocycles. The van der Waals surface area contributed by atoms with Crippen LogP contribution in [-0.2, 0) is 4.84 Å². The molecule has 1 N–H and O–H groups in total. The van der Waals surface area contributed by atoms with E-state index in [2.05, 4.69) is 5.16 Å². The molecule has 1 aliphatic heterocycles. The Morgan fingerprint density at radius 2 is 2.07 bits per heavy atom. The molecule has 1 fully saturated rings. The molecular weight excluding hydrogens is 178 g/mol. The number of hydrogen-bond acceptors (Lipinski definition) is 3. The van der Waals surface area contributed by atoms with Gasteiger partial charge in [0.15, 0.2) is 6.10 Å². The van der Waals surface area contributed by atoms with Crippen molar-refractivity contribution >= 4 is 5.71 Å². The minimum atomic E-state index is -0.0615. The van der Waals surface area contributed by atoms with Gasteiger partial charge in [0, 0.05) is 6.42 Å². The van der Waals surface area contributed by atoms with Crippen molar-refractivity contribution in [1.29, 1.82) is 0 Å². The van der Waals surface area contributed by atoms with Crippen molar-refractivity contribution in [2.45, 2.75) is 51.0 Å². The minimum absolute atomic E-state index is 0.0615. The van der Waals surface area contributed by atoms with Crippen LogP contribution in [0.4, 0.5) is 0 Å². The summed E-state index contributed by atoms with van der Waals surface area (Å²) in [6.45, 7) is 0.0949. The van der Waals surface area contributed by atoms with Crippen LogP contribution in [0.25, 0.3) is 0 Å². The third kappa shape index (κ3) is 2.47. The number of hydrogen-bond donors (Lipinski definition) is 1. The maximum absolute atomic E-state index is 8.89. The van der Waals surface area contributed by atoms with Gasteiger partial charge in [0.25, 0.3) is 0 Å². The summed E-state index contributed by atoms with van der Waals surface area (Å²) in [7, 11) is 0. The molecule has 1 atom stereocenters. The second-order valence-corrected chi connectivity index (χ2v) is 4.48. The van der Waals surface area contributed by atoms with Crippen LogP contribution in [0.2, 0.25) is 0 Å². The van der Waals surface area contributed by atoms with E-state index in [-0.39, 0.29) is 12.7 Å². The molecule has 0 aromatic carbocycles. The number of nitrogens with zero attached hydrogens (tertiary/aromatic N) is 1. The summed E-state index contributed by atoms with van der Waals surface area (Å²) in [5, 5.41) is 12.9. The molecule has 0 aromatic rings. The lowest BCUT2D eigenvalue weighted by Gasteiger charge is -2.20. The van der Waals surface area contributed by atoms with Crippen LogP contribution in [-0.4, -0.2) is 23.5 Å². The van der Waals surface area contributed by atoms with Crippen LogP contribution in [0.15, 0.2) is 5.16 Å². The van der Waals surface area contributed by atoms with Gasteiger partial charge < -0.3 is 9.94 Å². The summed E-state index contributed by atoms with van der Waals surface area (Å²) in [6.07, 6.45) is 8.73. The smallest absolute Gasteiger partial charge is 0.155 e. The predicted octanol–water partition coefficient (Wildman–Crippen LogP) is 2.09. The third-order valence-electron chi connectivity index (χ3n) is 3.25. The molecule has 0 aromatic heterocycles. The van der Waals surface area contributed by atoms with Gasteiger partial charge in [0.05, 0.1) is 12.3 Å². The molecule has 1 heterocycles. The number of oxime groups is 1.